The first-order valence-corrected chi connectivity index (χ1v) is 10.0. The highest BCUT2D eigenvalue weighted by molar-refractivity contribution is 7.92. The van der Waals surface area contributed by atoms with Crippen LogP contribution in [0.4, 0.5) is 10.1 Å². The van der Waals surface area contributed by atoms with E-state index < -0.39 is 28.3 Å². The number of hydrazone groups is 1. The zero-order chi connectivity index (χ0) is 20.6. The van der Waals surface area contributed by atoms with Gasteiger partial charge in [-0.15, -0.1) is 0 Å². The predicted octanol–water partition coefficient (Wildman–Crippen LogP) is 2.31. The van der Waals surface area contributed by atoms with E-state index in [-0.39, 0.29) is 5.69 Å². The molecule has 1 amide bonds. The van der Waals surface area contributed by atoms with Gasteiger partial charge in [-0.25, -0.2) is 18.2 Å². The highest BCUT2D eigenvalue weighted by atomic mass is 32.2. The zero-order valence-electron chi connectivity index (χ0n) is 15.2. The maximum Gasteiger partial charge on any atom is 0.260 e. The van der Waals surface area contributed by atoms with E-state index in [1.807, 2.05) is 0 Å². The molecule has 2 aromatic rings. The Hall–Kier alpha value is -3.20. The summed E-state index contributed by atoms with van der Waals surface area (Å²) in [7, 11) is -3.79. The van der Waals surface area contributed by atoms with E-state index in [9.17, 15) is 17.6 Å². The Morgan fingerprint density at radius 3 is 2.61 bits per heavy atom. The van der Waals surface area contributed by atoms with E-state index in [1.54, 1.807) is 30.3 Å². The Morgan fingerprint density at radius 1 is 1.29 bits per heavy atom. The van der Waals surface area contributed by atoms with Gasteiger partial charge >= 0.3 is 0 Å². The van der Waals surface area contributed by atoms with Gasteiger partial charge in [0.05, 0.1) is 18.2 Å². The second-order valence-corrected chi connectivity index (χ2v) is 7.62. The first kappa shape index (κ1) is 21.1. The summed E-state index contributed by atoms with van der Waals surface area (Å²) in [6.45, 7) is 3.42. The van der Waals surface area contributed by atoms with Crippen molar-refractivity contribution in [3.05, 3.63) is 72.6 Å². The van der Waals surface area contributed by atoms with Crippen LogP contribution < -0.4 is 14.5 Å². The average molecular weight is 405 g/mol. The summed E-state index contributed by atoms with van der Waals surface area (Å²) in [6, 6.07) is 11.9. The first-order chi connectivity index (χ1) is 13.3. The van der Waals surface area contributed by atoms with Gasteiger partial charge in [-0.1, -0.05) is 18.7 Å². The van der Waals surface area contributed by atoms with E-state index >= 15 is 0 Å². The van der Waals surface area contributed by atoms with Crippen LogP contribution in [-0.4, -0.2) is 39.9 Å². The number of carbonyl (C=O) groups excluding carboxylic acids is 1. The van der Waals surface area contributed by atoms with Crippen molar-refractivity contribution in [3.63, 3.8) is 0 Å². The SMILES string of the molecule is C=CCOc1ccc(/C=N\NC(=O)CN(c2cccc(F)c2)S(C)(=O)=O)cc1. The second-order valence-electron chi connectivity index (χ2n) is 5.71. The molecule has 7 nitrogen and oxygen atoms in total. The molecule has 9 heteroatoms. The Kier molecular flexibility index (Phi) is 7.28. The lowest BCUT2D eigenvalue weighted by atomic mass is 10.2. The van der Waals surface area contributed by atoms with Crippen molar-refractivity contribution in [1.82, 2.24) is 5.43 Å². The monoisotopic (exact) mass is 405 g/mol. The molecule has 2 rings (SSSR count). The molecule has 0 heterocycles. The number of carbonyl (C=O) groups is 1. The minimum Gasteiger partial charge on any atom is -0.490 e. The van der Waals surface area contributed by atoms with E-state index in [0.29, 0.717) is 17.9 Å². The average Bonchev–Trinajstić information content (AvgIpc) is 2.64. The number of sulfonamides is 1. The van der Waals surface area contributed by atoms with Gasteiger partial charge in [0, 0.05) is 0 Å². The van der Waals surface area contributed by atoms with Crippen LogP contribution >= 0.6 is 0 Å². The van der Waals surface area contributed by atoms with E-state index in [1.165, 1.54) is 24.4 Å². The molecule has 0 aliphatic carbocycles. The first-order valence-electron chi connectivity index (χ1n) is 8.18. The quantitative estimate of drug-likeness (QED) is 0.394. The maximum atomic E-state index is 13.4. The van der Waals surface area contributed by atoms with Crippen molar-refractivity contribution in [2.45, 2.75) is 0 Å². The van der Waals surface area contributed by atoms with Crippen molar-refractivity contribution in [3.8, 4) is 5.75 Å². The van der Waals surface area contributed by atoms with Crippen LogP contribution in [0.15, 0.2) is 66.3 Å². The summed E-state index contributed by atoms with van der Waals surface area (Å²) in [6.07, 6.45) is 3.97. The molecule has 0 fully saturated rings. The van der Waals surface area contributed by atoms with Crippen molar-refractivity contribution < 1.29 is 22.3 Å². The van der Waals surface area contributed by atoms with Crippen LogP contribution in [-0.2, 0) is 14.8 Å². The molecule has 148 valence electrons. The molecule has 0 aliphatic heterocycles. The lowest BCUT2D eigenvalue weighted by molar-refractivity contribution is -0.119. The lowest BCUT2D eigenvalue weighted by Crippen LogP contribution is -2.39. The predicted molar refractivity (Wildman–Crippen MR) is 106 cm³/mol. The number of nitrogens with one attached hydrogen (secondary N) is 1. The third-order valence-electron chi connectivity index (χ3n) is 3.43. The van der Waals surface area contributed by atoms with E-state index in [4.69, 9.17) is 4.74 Å². The van der Waals surface area contributed by atoms with Crippen LogP contribution in [0, 0.1) is 5.82 Å². The number of nitrogens with zero attached hydrogens (tertiary/aromatic N) is 2. The molecule has 2 aromatic carbocycles. The number of rotatable bonds is 9. The van der Waals surface area contributed by atoms with Crippen molar-refractivity contribution >= 4 is 27.8 Å². The minimum atomic E-state index is -3.79. The number of hydrogen-bond donors (Lipinski definition) is 1. The Labute approximate surface area is 163 Å². The molecule has 0 saturated carbocycles. The van der Waals surface area contributed by atoms with Gasteiger partial charge in [0.25, 0.3) is 5.91 Å². The van der Waals surface area contributed by atoms with Gasteiger partial charge in [-0.2, -0.15) is 5.10 Å². The molecule has 0 bridgehead atoms. The molecule has 0 radical (unpaired) electrons. The van der Waals surface area contributed by atoms with Crippen LogP contribution in [0.25, 0.3) is 0 Å². The van der Waals surface area contributed by atoms with E-state index in [2.05, 4.69) is 17.1 Å². The van der Waals surface area contributed by atoms with Crippen molar-refractivity contribution in [2.24, 2.45) is 5.10 Å². The van der Waals surface area contributed by atoms with Crippen molar-refractivity contribution in [1.29, 1.82) is 0 Å². The number of halogens is 1. The highest BCUT2D eigenvalue weighted by Crippen LogP contribution is 2.18. The molecular formula is C19H20FN3O4S. The molecule has 0 atom stereocenters. The third-order valence-corrected chi connectivity index (χ3v) is 4.58. The standard InChI is InChI=1S/C19H20FN3O4S/c1-3-11-27-18-9-7-15(8-10-18)13-21-22-19(24)14-23(28(2,25)26)17-6-4-5-16(20)12-17/h3-10,12-13H,1,11,14H2,2H3,(H,22,24)/b21-13-. The summed E-state index contributed by atoms with van der Waals surface area (Å²) < 4.78 is 43.4. The van der Waals surface area contributed by atoms with Gasteiger partial charge in [0.15, 0.2) is 0 Å². The Bertz CT molecular complexity index is 959. The number of amides is 1. The lowest BCUT2D eigenvalue weighted by Gasteiger charge is -2.21. The number of benzene rings is 2. The van der Waals surface area contributed by atoms with Gasteiger partial charge in [-0.3, -0.25) is 9.10 Å². The molecule has 0 aliphatic rings. The second kappa shape index (κ2) is 9.65. The van der Waals surface area contributed by atoms with Gasteiger partial charge < -0.3 is 4.74 Å². The summed E-state index contributed by atoms with van der Waals surface area (Å²) in [4.78, 5) is 12.1. The summed E-state index contributed by atoms with van der Waals surface area (Å²) in [5.41, 5.74) is 3.01. The normalized spacial score (nSPS) is 11.2. The van der Waals surface area contributed by atoms with E-state index in [0.717, 1.165) is 16.6 Å². The smallest absolute Gasteiger partial charge is 0.260 e. The fourth-order valence-corrected chi connectivity index (χ4v) is 3.03. The maximum absolute atomic E-state index is 13.4. The fraction of sp³-hybridized carbons (Fsp3) is 0.158. The van der Waals surface area contributed by atoms with Crippen LogP contribution in [0.3, 0.4) is 0 Å². The number of anilines is 1. The van der Waals surface area contributed by atoms with Crippen LogP contribution in [0.2, 0.25) is 0 Å². The molecule has 1 N–H and O–H groups in total. The molecule has 0 aromatic heterocycles. The summed E-state index contributed by atoms with van der Waals surface area (Å²) in [5.74, 6) is -0.609. The molecule has 0 unspecified atom stereocenters. The van der Waals surface area contributed by atoms with Crippen LogP contribution in [0.5, 0.6) is 5.75 Å². The van der Waals surface area contributed by atoms with Gasteiger partial charge in [0.1, 0.15) is 24.7 Å². The Balaban J connectivity index is 1.99. The largest absolute Gasteiger partial charge is 0.490 e. The number of hydrogen-bond acceptors (Lipinski definition) is 5. The highest BCUT2D eigenvalue weighted by Gasteiger charge is 2.21. The Morgan fingerprint density at radius 2 is 2.00 bits per heavy atom. The van der Waals surface area contributed by atoms with Crippen molar-refractivity contribution in [2.75, 3.05) is 23.7 Å². The molecular weight excluding hydrogens is 385 g/mol. The third kappa shape index (κ3) is 6.51. The fourth-order valence-electron chi connectivity index (χ4n) is 2.18. The number of ether oxygens (including phenoxy) is 1. The molecule has 0 saturated heterocycles. The van der Waals surface area contributed by atoms with Gasteiger partial charge in [0.2, 0.25) is 10.0 Å². The molecule has 28 heavy (non-hydrogen) atoms. The molecule has 0 spiro atoms. The van der Waals surface area contributed by atoms with Crippen LogP contribution in [0.1, 0.15) is 5.56 Å². The zero-order valence-corrected chi connectivity index (χ0v) is 16.0. The summed E-state index contributed by atoms with van der Waals surface area (Å²) >= 11 is 0. The summed E-state index contributed by atoms with van der Waals surface area (Å²) in [5, 5.41) is 3.80. The van der Waals surface area contributed by atoms with Gasteiger partial charge in [-0.05, 0) is 48.0 Å². The minimum absolute atomic E-state index is 0.0525. The topological polar surface area (TPSA) is 88.1 Å².